The summed E-state index contributed by atoms with van der Waals surface area (Å²) in [4.78, 5) is 12.7. The van der Waals surface area contributed by atoms with Crippen LogP contribution in [0.5, 0.6) is 0 Å². The second-order valence-electron chi connectivity index (χ2n) is 6.52. The standard InChI is InChI=1S/C14H19N5O3S2/c1-14(5-6-14)17-24(21,22)9-3-4-10-11(7-9)19(13(20)18(10)2)12-15-8-16-23-12/h3-4,7,12,15-17H,5-6,8H2,1-2H3. The van der Waals surface area contributed by atoms with Crippen molar-refractivity contribution in [3.05, 3.63) is 28.7 Å². The molecule has 1 saturated carbocycles. The Kier molecular flexibility index (Phi) is 3.59. The molecule has 8 nitrogen and oxygen atoms in total. The highest BCUT2D eigenvalue weighted by atomic mass is 32.2. The number of imidazole rings is 1. The molecule has 1 unspecified atom stereocenters. The summed E-state index contributed by atoms with van der Waals surface area (Å²) >= 11 is 1.39. The van der Waals surface area contributed by atoms with Gasteiger partial charge in [0.15, 0.2) is 5.50 Å². The van der Waals surface area contributed by atoms with Crippen molar-refractivity contribution in [3.63, 3.8) is 0 Å². The number of nitrogens with zero attached hydrogens (tertiary/aromatic N) is 2. The topological polar surface area (TPSA) is 97.2 Å². The normalized spacial score (nSPS) is 23.0. The Balaban J connectivity index is 1.85. The van der Waals surface area contributed by atoms with Gasteiger partial charge in [-0.05, 0) is 49.9 Å². The van der Waals surface area contributed by atoms with Crippen LogP contribution in [-0.4, -0.2) is 29.8 Å². The van der Waals surface area contributed by atoms with Crippen molar-refractivity contribution in [1.82, 2.24) is 23.9 Å². The zero-order valence-electron chi connectivity index (χ0n) is 13.4. The summed E-state index contributed by atoms with van der Waals surface area (Å²) in [6.45, 7) is 2.47. The highest BCUT2D eigenvalue weighted by molar-refractivity contribution is 7.97. The Morgan fingerprint density at radius 3 is 2.71 bits per heavy atom. The van der Waals surface area contributed by atoms with Gasteiger partial charge < -0.3 is 0 Å². The molecule has 2 fully saturated rings. The summed E-state index contributed by atoms with van der Waals surface area (Å²) in [6, 6.07) is 4.81. The molecule has 1 aromatic carbocycles. The first-order chi connectivity index (χ1) is 11.3. The molecule has 1 aliphatic carbocycles. The van der Waals surface area contributed by atoms with E-state index in [4.69, 9.17) is 0 Å². The molecule has 1 saturated heterocycles. The minimum absolute atomic E-state index is 0.179. The van der Waals surface area contributed by atoms with E-state index in [1.807, 2.05) is 6.92 Å². The fourth-order valence-electron chi connectivity index (χ4n) is 2.85. The van der Waals surface area contributed by atoms with Gasteiger partial charge in [-0.2, -0.15) is 0 Å². The van der Waals surface area contributed by atoms with Gasteiger partial charge in [-0.1, -0.05) is 0 Å². The van der Waals surface area contributed by atoms with E-state index in [0.29, 0.717) is 17.7 Å². The predicted molar refractivity (Wildman–Crippen MR) is 92.9 cm³/mol. The van der Waals surface area contributed by atoms with Gasteiger partial charge in [-0.3, -0.25) is 14.5 Å². The third kappa shape index (κ3) is 2.58. The van der Waals surface area contributed by atoms with Crippen molar-refractivity contribution < 1.29 is 8.42 Å². The average Bonchev–Trinajstić information content (AvgIpc) is 2.96. The summed E-state index contributed by atoms with van der Waals surface area (Å²) in [5.74, 6) is 0. The minimum Gasteiger partial charge on any atom is -0.295 e. The van der Waals surface area contributed by atoms with Crippen LogP contribution in [0.3, 0.4) is 0 Å². The maximum atomic E-state index is 12.6. The number of aryl methyl sites for hydroxylation is 1. The Morgan fingerprint density at radius 1 is 1.33 bits per heavy atom. The molecule has 1 aliphatic heterocycles. The van der Waals surface area contributed by atoms with Crippen LogP contribution in [0.1, 0.15) is 25.3 Å². The van der Waals surface area contributed by atoms with E-state index in [0.717, 1.165) is 12.8 Å². The number of nitrogens with one attached hydrogen (secondary N) is 3. The number of hydrogen-bond donors (Lipinski definition) is 3. The van der Waals surface area contributed by atoms with Crippen LogP contribution in [0, 0.1) is 0 Å². The quantitative estimate of drug-likeness (QED) is 0.676. The van der Waals surface area contributed by atoms with E-state index in [-0.39, 0.29) is 21.6 Å². The Labute approximate surface area is 143 Å². The fraction of sp³-hybridized carbons (Fsp3) is 0.500. The molecular weight excluding hydrogens is 350 g/mol. The molecule has 2 heterocycles. The number of hydrogen-bond acceptors (Lipinski definition) is 6. The lowest BCUT2D eigenvalue weighted by molar-refractivity contribution is 0.556. The second-order valence-corrected chi connectivity index (χ2v) is 9.18. The summed E-state index contributed by atoms with van der Waals surface area (Å²) in [6.07, 6.45) is 1.69. The zero-order chi connectivity index (χ0) is 17.1. The Bertz CT molecular complexity index is 968. The van der Waals surface area contributed by atoms with Gasteiger partial charge in [-0.15, -0.1) is 0 Å². The first-order valence-corrected chi connectivity index (χ1v) is 10.0. The molecule has 1 atom stereocenters. The average molecular weight is 369 g/mol. The molecule has 1 aromatic heterocycles. The second kappa shape index (κ2) is 5.33. The van der Waals surface area contributed by atoms with Crippen LogP contribution in [-0.2, 0) is 17.1 Å². The summed E-state index contributed by atoms with van der Waals surface area (Å²) < 4.78 is 34.2. The van der Waals surface area contributed by atoms with Gasteiger partial charge in [0.25, 0.3) is 0 Å². The molecule has 10 heteroatoms. The van der Waals surface area contributed by atoms with E-state index in [2.05, 4.69) is 14.8 Å². The molecule has 0 radical (unpaired) electrons. The minimum atomic E-state index is -3.61. The summed E-state index contributed by atoms with van der Waals surface area (Å²) in [5.41, 5.74) is 0.506. The van der Waals surface area contributed by atoms with E-state index in [9.17, 15) is 13.2 Å². The molecule has 24 heavy (non-hydrogen) atoms. The maximum Gasteiger partial charge on any atom is 0.330 e. The molecule has 4 rings (SSSR count). The van der Waals surface area contributed by atoms with E-state index < -0.39 is 10.0 Å². The van der Waals surface area contributed by atoms with Crippen LogP contribution >= 0.6 is 11.9 Å². The highest BCUT2D eigenvalue weighted by Crippen LogP contribution is 2.36. The van der Waals surface area contributed by atoms with Crippen molar-refractivity contribution >= 4 is 33.0 Å². The van der Waals surface area contributed by atoms with Crippen molar-refractivity contribution in [2.45, 2.75) is 35.7 Å². The first-order valence-electron chi connectivity index (χ1n) is 7.68. The summed E-state index contributed by atoms with van der Waals surface area (Å²) in [5, 5.41) is 3.16. The molecule has 130 valence electrons. The smallest absolute Gasteiger partial charge is 0.295 e. The molecule has 0 bridgehead atoms. The molecule has 2 aromatic rings. The Morgan fingerprint density at radius 2 is 2.08 bits per heavy atom. The highest BCUT2D eigenvalue weighted by Gasteiger charge is 2.41. The van der Waals surface area contributed by atoms with Gasteiger partial charge >= 0.3 is 5.69 Å². The van der Waals surface area contributed by atoms with Crippen LogP contribution in [0.2, 0.25) is 0 Å². The SMILES string of the molecule is Cn1c(=O)n(C2NCNS2)c2cc(S(=O)(=O)NC3(C)CC3)ccc21. The van der Waals surface area contributed by atoms with Crippen molar-refractivity contribution in [3.8, 4) is 0 Å². The van der Waals surface area contributed by atoms with Crippen molar-refractivity contribution in [2.24, 2.45) is 7.05 Å². The number of benzene rings is 1. The van der Waals surface area contributed by atoms with Crippen LogP contribution in [0.25, 0.3) is 11.0 Å². The molecule has 3 N–H and O–H groups in total. The molecule has 2 aliphatic rings. The van der Waals surface area contributed by atoms with Crippen LogP contribution in [0.15, 0.2) is 27.9 Å². The number of aromatic nitrogens is 2. The van der Waals surface area contributed by atoms with Crippen LogP contribution in [0.4, 0.5) is 0 Å². The molecule has 0 amide bonds. The van der Waals surface area contributed by atoms with E-state index >= 15 is 0 Å². The lowest BCUT2D eigenvalue weighted by atomic mass is 10.3. The lowest BCUT2D eigenvalue weighted by Crippen LogP contribution is -2.34. The van der Waals surface area contributed by atoms with Gasteiger partial charge in [0.1, 0.15) is 0 Å². The monoisotopic (exact) mass is 369 g/mol. The van der Waals surface area contributed by atoms with E-state index in [1.54, 1.807) is 29.8 Å². The largest absolute Gasteiger partial charge is 0.330 e. The first kappa shape index (κ1) is 16.2. The number of sulfonamides is 1. The molecule has 0 spiro atoms. The maximum absolute atomic E-state index is 12.6. The zero-order valence-corrected chi connectivity index (χ0v) is 15.0. The number of rotatable bonds is 4. The van der Waals surface area contributed by atoms with Gasteiger partial charge in [-0.25, -0.2) is 22.7 Å². The van der Waals surface area contributed by atoms with Gasteiger partial charge in [0.05, 0.1) is 22.6 Å². The number of fused-ring (bicyclic) bond motifs is 1. The fourth-order valence-corrected chi connectivity index (χ4v) is 5.13. The van der Waals surface area contributed by atoms with Gasteiger partial charge in [0.2, 0.25) is 10.0 Å². The van der Waals surface area contributed by atoms with Gasteiger partial charge in [0, 0.05) is 12.6 Å². The van der Waals surface area contributed by atoms with Crippen LogP contribution < -0.4 is 20.5 Å². The Hall–Kier alpha value is -1.33. The third-order valence-electron chi connectivity index (χ3n) is 4.53. The van der Waals surface area contributed by atoms with Crippen molar-refractivity contribution in [2.75, 3.05) is 6.67 Å². The molecular formula is C14H19N5O3S2. The lowest BCUT2D eigenvalue weighted by Gasteiger charge is -2.13. The predicted octanol–water partition coefficient (Wildman–Crippen LogP) is 0.425. The third-order valence-corrected chi connectivity index (χ3v) is 7.08. The summed E-state index contributed by atoms with van der Waals surface area (Å²) in [7, 11) is -1.92. The van der Waals surface area contributed by atoms with E-state index in [1.165, 1.54) is 16.5 Å². The van der Waals surface area contributed by atoms with Crippen molar-refractivity contribution in [1.29, 1.82) is 0 Å².